The molecule has 0 rings (SSSR count). The summed E-state index contributed by atoms with van der Waals surface area (Å²) in [5, 5.41) is 2.47. The van der Waals surface area contributed by atoms with Gasteiger partial charge in [-0.15, -0.1) is 0 Å². The fourth-order valence-corrected chi connectivity index (χ4v) is 2.76. The van der Waals surface area contributed by atoms with Crippen LogP contribution in [0.3, 0.4) is 0 Å². The van der Waals surface area contributed by atoms with Crippen LogP contribution in [0.1, 0.15) is 19.8 Å². The first-order valence-corrected chi connectivity index (χ1v) is 7.58. The van der Waals surface area contributed by atoms with Crippen LogP contribution in [0.15, 0.2) is 0 Å². The van der Waals surface area contributed by atoms with E-state index in [1.807, 2.05) is 0 Å². The van der Waals surface area contributed by atoms with Gasteiger partial charge in [0.1, 0.15) is 0 Å². The minimum absolute atomic E-state index is 0.0641. The monoisotopic (exact) mass is 294 g/mol. The van der Waals surface area contributed by atoms with Crippen molar-refractivity contribution >= 4 is 21.9 Å². The van der Waals surface area contributed by atoms with Crippen LogP contribution in [0.5, 0.6) is 0 Å². The van der Waals surface area contributed by atoms with Crippen molar-refractivity contribution in [1.29, 1.82) is 0 Å². The van der Waals surface area contributed by atoms with Crippen molar-refractivity contribution in [3.63, 3.8) is 0 Å². The van der Waals surface area contributed by atoms with Crippen molar-refractivity contribution in [2.75, 3.05) is 33.5 Å². The zero-order valence-electron chi connectivity index (χ0n) is 11.8. The molecular weight excluding hydrogens is 272 g/mol. The fourth-order valence-electron chi connectivity index (χ4n) is 1.49. The quantitative estimate of drug-likeness (QED) is 0.614. The summed E-state index contributed by atoms with van der Waals surface area (Å²) in [6.45, 7) is 1.76. The first-order valence-electron chi connectivity index (χ1n) is 5.97. The Bertz CT molecular complexity index is 407. The molecule has 0 aliphatic heterocycles. The zero-order valence-corrected chi connectivity index (χ0v) is 12.6. The average molecular weight is 294 g/mol. The van der Waals surface area contributed by atoms with Gasteiger partial charge in [-0.1, -0.05) is 6.92 Å². The molecule has 0 radical (unpaired) electrons. The van der Waals surface area contributed by atoms with E-state index < -0.39 is 21.9 Å². The number of carbonyl (C=O) groups excluding carboxylic acids is 2. The van der Waals surface area contributed by atoms with Crippen LogP contribution in [0.4, 0.5) is 0 Å². The maximum absolute atomic E-state index is 11.9. The van der Waals surface area contributed by atoms with E-state index in [0.717, 1.165) is 4.31 Å². The van der Waals surface area contributed by atoms with Crippen molar-refractivity contribution in [2.45, 2.75) is 19.8 Å². The van der Waals surface area contributed by atoms with Crippen molar-refractivity contribution in [3.8, 4) is 0 Å². The van der Waals surface area contributed by atoms with Crippen molar-refractivity contribution in [3.05, 3.63) is 0 Å². The summed E-state index contributed by atoms with van der Waals surface area (Å²) in [7, 11) is 0.730. The second-order valence-electron chi connectivity index (χ2n) is 4.29. The highest BCUT2D eigenvalue weighted by atomic mass is 32.2. The summed E-state index contributed by atoms with van der Waals surface area (Å²) in [5.41, 5.74) is 0. The van der Waals surface area contributed by atoms with Crippen LogP contribution in [-0.4, -0.2) is 58.1 Å². The number of carbonyl (C=O) groups is 2. The van der Waals surface area contributed by atoms with Crippen molar-refractivity contribution in [1.82, 2.24) is 9.62 Å². The average Bonchev–Trinajstić information content (AvgIpc) is 2.36. The highest BCUT2D eigenvalue weighted by Crippen LogP contribution is 2.07. The predicted octanol–water partition coefficient (Wildman–Crippen LogP) is -0.417. The molecule has 1 atom stereocenters. The van der Waals surface area contributed by atoms with Crippen LogP contribution < -0.4 is 5.32 Å². The second-order valence-corrected chi connectivity index (χ2v) is 6.49. The lowest BCUT2D eigenvalue weighted by Gasteiger charge is -2.20. The summed E-state index contributed by atoms with van der Waals surface area (Å²) in [6.07, 6.45) is 0.266. The molecule has 0 spiro atoms. The number of amides is 1. The van der Waals surface area contributed by atoms with Crippen LogP contribution in [-0.2, 0) is 24.3 Å². The SMILES string of the molecule is CNC(=O)C(C)CN(C)S(=O)(=O)CCCC(=O)OC. The summed E-state index contributed by atoms with van der Waals surface area (Å²) >= 11 is 0. The topological polar surface area (TPSA) is 92.8 Å². The van der Waals surface area contributed by atoms with E-state index in [1.54, 1.807) is 6.92 Å². The van der Waals surface area contributed by atoms with Gasteiger partial charge in [-0.05, 0) is 6.42 Å². The van der Waals surface area contributed by atoms with Gasteiger partial charge in [-0.2, -0.15) is 0 Å². The fraction of sp³-hybridized carbons (Fsp3) is 0.818. The molecule has 1 unspecified atom stereocenters. The predicted molar refractivity (Wildman–Crippen MR) is 70.9 cm³/mol. The minimum Gasteiger partial charge on any atom is -0.469 e. The normalized spacial score (nSPS) is 13.1. The Balaban J connectivity index is 4.32. The van der Waals surface area contributed by atoms with Gasteiger partial charge in [0, 0.05) is 33.0 Å². The zero-order chi connectivity index (χ0) is 15.1. The lowest BCUT2D eigenvalue weighted by atomic mass is 10.2. The van der Waals surface area contributed by atoms with Gasteiger partial charge in [0.15, 0.2) is 0 Å². The van der Waals surface area contributed by atoms with Crippen LogP contribution in [0, 0.1) is 5.92 Å². The molecule has 19 heavy (non-hydrogen) atoms. The molecule has 0 aliphatic rings. The van der Waals surface area contributed by atoms with Crippen molar-refractivity contribution < 1.29 is 22.7 Å². The molecule has 0 saturated heterocycles. The Labute approximate surface area is 114 Å². The third kappa shape index (κ3) is 6.53. The van der Waals surface area contributed by atoms with Gasteiger partial charge in [0.2, 0.25) is 15.9 Å². The molecule has 7 nitrogen and oxygen atoms in total. The summed E-state index contributed by atoms with van der Waals surface area (Å²) in [5.74, 6) is -1.21. The first kappa shape index (κ1) is 17.8. The van der Waals surface area contributed by atoms with Gasteiger partial charge in [-0.25, -0.2) is 12.7 Å². The second kappa shape index (κ2) is 8.11. The molecule has 1 N–H and O–H groups in total. The summed E-state index contributed by atoms with van der Waals surface area (Å²) in [4.78, 5) is 22.2. The molecule has 112 valence electrons. The summed E-state index contributed by atoms with van der Waals surface area (Å²) < 4.78 is 29.4. The lowest BCUT2D eigenvalue weighted by molar-refractivity contribution is -0.140. The Morgan fingerprint density at radius 2 is 1.95 bits per heavy atom. The molecule has 0 aromatic rings. The number of hydrogen-bond donors (Lipinski definition) is 1. The smallest absolute Gasteiger partial charge is 0.305 e. The largest absolute Gasteiger partial charge is 0.469 e. The molecule has 0 bridgehead atoms. The maximum atomic E-state index is 11.9. The molecule has 0 aliphatic carbocycles. The molecule has 0 aromatic heterocycles. The Hall–Kier alpha value is -1.15. The van der Waals surface area contributed by atoms with Gasteiger partial charge >= 0.3 is 5.97 Å². The third-order valence-electron chi connectivity index (χ3n) is 2.71. The number of nitrogens with one attached hydrogen (secondary N) is 1. The Kier molecular flexibility index (Phi) is 7.62. The minimum atomic E-state index is -3.46. The van der Waals surface area contributed by atoms with Crippen LogP contribution in [0.25, 0.3) is 0 Å². The summed E-state index contributed by atoms with van der Waals surface area (Å²) in [6, 6.07) is 0. The number of esters is 1. The van der Waals surface area contributed by atoms with E-state index >= 15 is 0 Å². The van der Waals surface area contributed by atoms with Gasteiger partial charge < -0.3 is 10.1 Å². The van der Waals surface area contributed by atoms with E-state index in [-0.39, 0.29) is 31.0 Å². The lowest BCUT2D eigenvalue weighted by Crippen LogP contribution is -2.38. The number of rotatable bonds is 8. The maximum Gasteiger partial charge on any atom is 0.305 e. The molecule has 0 fully saturated rings. The number of nitrogens with zero attached hydrogens (tertiary/aromatic N) is 1. The Morgan fingerprint density at radius 1 is 1.37 bits per heavy atom. The molecule has 0 aromatic carbocycles. The molecule has 1 amide bonds. The van der Waals surface area contributed by atoms with E-state index in [1.165, 1.54) is 21.2 Å². The molecule has 0 saturated carbocycles. The number of methoxy groups -OCH3 is 1. The van der Waals surface area contributed by atoms with E-state index in [0.29, 0.717) is 0 Å². The van der Waals surface area contributed by atoms with E-state index in [9.17, 15) is 18.0 Å². The highest BCUT2D eigenvalue weighted by Gasteiger charge is 2.22. The van der Waals surface area contributed by atoms with Gasteiger partial charge in [-0.3, -0.25) is 9.59 Å². The molecule has 0 heterocycles. The molecular formula is C11H22N2O5S. The third-order valence-corrected chi connectivity index (χ3v) is 4.61. The van der Waals surface area contributed by atoms with E-state index in [4.69, 9.17) is 0 Å². The number of ether oxygens (including phenoxy) is 1. The Morgan fingerprint density at radius 3 is 2.42 bits per heavy atom. The first-order chi connectivity index (χ1) is 8.74. The van der Waals surface area contributed by atoms with Gasteiger partial charge in [0.05, 0.1) is 12.9 Å². The standard InChI is InChI=1S/C11H22N2O5S/c1-9(11(15)12-2)8-13(3)19(16,17)7-5-6-10(14)18-4/h9H,5-8H2,1-4H3,(H,12,15). The van der Waals surface area contributed by atoms with E-state index in [2.05, 4.69) is 10.1 Å². The number of sulfonamides is 1. The number of hydrogen-bond acceptors (Lipinski definition) is 5. The van der Waals surface area contributed by atoms with Gasteiger partial charge in [0.25, 0.3) is 0 Å². The van der Waals surface area contributed by atoms with Crippen LogP contribution >= 0.6 is 0 Å². The van der Waals surface area contributed by atoms with Crippen LogP contribution in [0.2, 0.25) is 0 Å². The molecule has 8 heteroatoms. The highest BCUT2D eigenvalue weighted by molar-refractivity contribution is 7.89. The van der Waals surface area contributed by atoms with Crippen molar-refractivity contribution in [2.24, 2.45) is 5.92 Å².